The fraction of sp³-hybridized carbons (Fsp3) is 0.500. The van der Waals surface area contributed by atoms with E-state index in [0.717, 1.165) is 5.56 Å². The van der Waals surface area contributed by atoms with Crippen LogP contribution in [0.5, 0.6) is 0 Å². The molecule has 1 aliphatic heterocycles. The molecule has 1 unspecified atom stereocenters. The van der Waals surface area contributed by atoms with Crippen molar-refractivity contribution >= 4 is 11.8 Å². The van der Waals surface area contributed by atoms with Crippen molar-refractivity contribution < 1.29 is 14.3 Å². The molecule has 0 aromatic heterocycles. The van der Waals surface area contributed by atoms with Gasteiger partial charge in [-0.2, -0.15) is 0 Å². The molecule has 1 fully saturated rings. The number of piperazine rings is 1. The molecule has 2 rings (SSSR count). The lowest BCUT2D eigenvalue weighted by atomic mass is 10.1. The molecule has 1 saturated heterocycles. The van der Waals surface area contributed by atoms with E-state index >= 15 is 0 Å². The second-order valence-corrected chi connectivity index (χ2v) is 5.52. The van der Waals surface area contributed by atoms with E-state index < -0.39 is 6.04 Å². The molecule has 0 spiro atoms. The number of amides is 2. The Morgan fingerprint density at radius 2 is 2.05 bits per heavy atom. The van der Waals surface area contributed by atoms with Crippen molar-refractivity contribution in [3.05, 3.63) is 35.4 Å². The molecule has 0 aliphatic carbocycles. The van der Waals surface area contributed by atoms with Crippen LogP contribution < -0.4 is 5.32 Å². The predicted octanol–water partition coefficient (Wildman–Crippen LogP) is 1.57. The maximum absolute atomic E-state index is 12.4. The third kappa shape index (κ3) is 3.82. The maximum atomic E-state index is 12.4. The van der Waals surface area contributed by atoms with Gasteiger partial charge in [0.05, 0.1) is 12.7 Å². The molecule has 0 saturated carbocycles. The van der Waals surface area contributed by atoms with E-state index in [-0.39, 0.29) is 17.9 Å². The van der Waals surface area contributed by atoms with Gasteiger partial charge in [0.15, 0.2) is 0 Å². The average Bonchev–Trinajstić information content (AvgIpc) is 2.48. The van der Waals surface area contributed by atoms with Crippen LogP contribution in [0.2, 0.25) is 0 Å². The molecule has 5 nitrogen and oxygen atoms in total. The van der Waals surface area contributed by atoms with Crippen LogP contribution >= 0.6 is 0 Å². The molecule has 1 aliphatic rings. The lowest BCUT2D eigenvalue weighted by Gasteiger charge is -2.32. The second-order valence-electron chi connectivity index (χ2n) is 5.52. The SMILES string of the molecule is CC(C)OCc1ccc(C(=O)N2CCNC(=O)C2C)cc1. The van der Waals surface area contributed by atoms with Crippen LogP contribution in [0.15, 0.2) is 24.3 Å². The van der Waals surface area contributed by atoms with Crippen LogP contribution in [0, 0.1) is 0 Å². The predicted molar refractivity (Wildman–Crippen MR) is 79.9 cm³/mol. The Morgan fingerprint density at radius 1 is 1.38 bits per heavy atom. The summed E-state index contributed by atoms with van der Waals surface area (Å²) in [7, 11) is 0. The first-order chi connectivity index (χ1) is 9.99. The number of carbonyl (C=O) groups is 2. The number of carbonyl (C=O) groups excluding carboxylic acids is 2. The number of benzene rings is 1. The van der Waals surface area contributed by atoms with Gasteiger partial charge in [-0.1, -0.05) is 12.1 Å². The summed E-state index contributed by atoms with van der Waals surface area (Å²) in [4.78, 5) is 25.7. The lowest BCUT2D eigenvalue weighted by molar-refractivity contribution is -0.127. The molecule has 1 aromatic carbocycles. The van der Waals surface area contributed by atoms with Crippen LogP contribution in [0.3, 0.4) is 0 Å². The molecule has 1 heterocycles. The van der Waals surface area contributed by atoms with Crippen LogP contribution in [-0.4, -0.2) is 41.9 Å². The third-order valence-electron chi connectivity index (χ3n) is 3.54. The molecular formula is C16H22N2O3. The zero-order chi connectivity index (χ0) is 15.4. The van der Waals surface area contributed by atoms with E-state index in [1.54, 1.807) is 24.0 Å². The van der Waals surface area contributed by atoms with Crippen molar-refractivity contribution in [1.29, 1.82) is 0 Å². The second kappa shape index (κ2) is 6.72. The molecule has 1 N–H and O–H groups in total. The number of hydrogen-bond acceptors (Lipinski definition) is 3. The summed E-state index contributed by atoms with van der Waals surface area (Å²) < 4.78 is 5.53. The summed E-state index contributed by atoms with van der Waals surface area (Å²) in [6.45, 7) is 7.31. The van der Waals surface area contributed by atoms with Gasteiger partial charge in [-0.3, -0.25) is 9.59 Å². The normalized spacial score (nSPS) is 18.8. The van der Waals surface area contributed by atoms with Crippen molar-refractivity contribution in [3.63, 3.8) is 0 Å². The van der Waals surface area contributed by atoms with E-state index in [9.17, 15) is 9.59 Å². The summed E-state index contributed by atoms with van der Waals surface area (Å²) in [5.74, 6) is -0.203. The van der Waals surface area contributed by atoms with Gasteiger partial charge in [-0.05, 0) is 38.5 Å². The molecule has 114 valence electrons. The zero-order valence-corrected chi connectivity index (χ0v) is 12.8. The minimum Gasteiger partial charge on any atom is -0.374 e. The Balaban J connectivity index is 2.04. The Morgan fingerprint density at radius 3 is 2.67 bits per heavy atom. The van der Waals surface area contributed by atoms with E-state index in [4.69, 9.17) is 4.74 Å². The van der Waals surface area contributed by atoms with E-state index in [1.165, 1.54) is 0 Å². The fourth-order valence-electron chi connectivity index (χ4n) is 2.23. The Labute approximate surface area is 125 Å². The summed E-state index contributed by atoms with van der Waals surface area (Å²) in [6, 6.07) is 6.95. The number of rotatable bonds is 4. The van der Waals surface area contributed by atoms with E-state index in [1.807, 2.05) is 26.0 Å². The van der Waals surface area contributed by atoms with Crippen LogP contribution in [0.4, 0.5) is 0 Å². The van der Waals surface area contributed by atoms with Gasteiger partial charge in [0, 0.05) is 18.7 Å². The number of hydrogen-bond donors (Lipinski definition) is 1. The maximum Gasteiger partial charge on any atom is 0.254 e. The average molecular weight is 290 g/mol. The van der Waals surface area contributed by atoms with Crippen molar-refractivity contribution in [2.24, 2.45) is 0 Å². The number of nitrogens with one attached hydrogen (secondary N) is 1. The van der Waals surface area contributed by atoms with Gasteiger partial charge in [-0.25, -0.2) is 0 Å². The molecule has 5 heteroatoms. The Hall–Kier alpha value is -1.88. The smallest absolute Gasteiger partial charge is 0.254 e. The van der Waals surface area contributed by atoms with Gasteiger partial charge in [-0.15, -0.1) is 0 Å². The molecular weight excluding hydrogens is 268 g/mol. The largest absolute Gasteiger partial charge is 0.374 e. The summed E-state index contributed by atoms with van der Waals surface area (Å²) in [5, 5.41) is 2.76. The monoisotopic (exact) mass is 290 g/mol. The molecule has 1 atom stereocenters. The molecule has 2 amide bonds. The van der Waals surface area contributed by atoms with Gasteiger partial charge < -0.3 is 15.0 Å². The summed E-state index contributed by atoms with van der Waals surface area (Å²) >= 11 is 0. The zero-order valence-electron chi connectivity index (χ0n) is 12.8. The molecule has 1 aromatic rings. The first-order valence-electron chi connectivity index (χ1n) is 7.28. The van der Waals surface area contributed by atoms with Crippen LogP contribution in [0.25, 0.3) is 0 Å². The minimum absolute atomic E-state index is 0.100. The van der Waals surface area contributed by atoms with Crippen molar-refractivity contribution in [2.45, 2.75) is 39.5 Å². The van der Waals surface area contributed by atoms with Crippen LogP contribution in [-0.2, 0) is 16.1 Å². The first-order valence-corrected chi connectivity index (χ1v) is 7.28. The Bertz CT molecular complexity index is 511. The van der Waals surface area contributed by atoms with Gasteiger partial charge in [0.2, 0.25) is 5.91 Å². The number of ether oxygens (including phenoxy) is 1. The fourth-order valence-corrected chi connectivity index (χ4v) is 2.23. The van der Waals surface area contributed by atoms with Crippen LogP contribution in [0.1, 0.15) is 36.7 Å². The quantitative estimate of drug-likeness (QED) is 0.915. The Kier molecular flexibility index (Phi) is 4.96. The first kappa shape index (κ1) is 15.5. The topological polar surface area (TPSA) is 58.6 Å². The molecule has 21 heavy (non-hydrogen) atoms. The summed E-state index contributed by atoms with van der Waals surface area (Å²) in [6.07, 6.45) is 0.180. The van der Waals surface area contributed by atoms with Gasteiger partial charge in [0.25, 0.3) is 5.91 Å². The highest BCUT2D eigenvalue weighted by atomic mass is 16.5. The number of nitrogens with zero attached hydrogens (tertiary/aromatic N) is 1. The van der Waals surface area contributed by atoms with Gasteiger partial charge in [0.1, 0.15) is 6.04 Å². The molecule has 0 bridgehead atoms. The lowest BCUT2D eigenvalue weighted by Crippen LogP contribution is -2.55. The molecule has 0 radical (unpaired) electrons. The highest BCUT2D eigenvalue weighted by Gasteiger charge is 2.29. The van der Waals surface area contributed by atoms with Crippen molar-refractivity contribution in [3.8, 4) is 0 Å². The third-order valence-corrected chi connectivity index (χ3v) is 3.54. The minimum atomic E-state index is -0.421. The highest BCUT2D eigenvalue weighted by Crippen LogP contribution is 2.13. The van der Waals surface area contributed by atoms with Crippen molar-refractivity contribution in [2.75, 3.05) is 13.1 Å². The van der Waals surface area contributed by atoms with Gasteiger partial charge >= 0.3 is 0 Å². The van der Waals surface area contributed by atoms with E-state index in [2.05, 4.69) is 5.32 Å². The van der Waals surface area contributed by atoms with E-state index in [0.29, 0.717) is 25.3 Å². The standard InChI is InChI=1S/C16H22N2O3/c1-11(2)21-10-13-4-6-14(7-5-13)16(20)18-9-8-17-15(19)12(18)3/h4-7,11-12H,8-10H2,1-3H3,(H,17,19). The van der Waals surface area contributed by atoms with Crippen molar-refractivity contribution in [1.82, 2.24) is 10.2 Å². The highest BCUT2D eigenvalue weighted by molar-refractivity contribution is 5.98. The summed E-state index contributed by atoms with van der Waals surface area (Å²) in [5.41, 5.74) is 1.63.